The fourth-order valence-electron chi connectivity index (χ4n) is 6.23. The summed E-state index contributed by atoms with van der Waals surface area (Å²) in [5.41, 5.74) is 2.04. The van der Waals surface area contributed by atoms with E-state index in [4.69, 9.17) is 18.9 Å². The molecule has 8 rings (SSSR count). The van der Waals surface area contributed by atoms with Crippen LogP contribution in [0.3, 0.4) is 0 Å². The average molecular weight is 900 g/mol. The molecule has 248 valence electrons. The van der Waals surface area contributed by atoms with Crippen molar-refractivity contribution in [2.45, 2.75) is 0 Å². The summed E-state index contributed by atoms with van der Waals surface area (Å²) in [6, 6.07) is 51.9. The van der Waals surface area contributed by atoms with Crippen LogP contribution in [0, 0.1) is 0 Å². The van der Waals surface area contributed by atoms with Gasteiger partial charge in [0.15, 0.2) is 23.0 Å². The van der Waals surface area contributed by atoms with Crippen LogP contribution in [-0.2, 0) is 13.2 Å². The van der Waals surface area contributed by atoms with Crippen LogP contribution < -0.4 is 50.8 Å². The largest absolute Gasteiger partial charge is 0.486 e. The Hall–Kier alpha value is -3.04. The van der Waals surface area contributed by atoms with Gasteiger partial charge in [0.05, 0.1) is 0 Å². The molecule has 2 heterocycles. The van der Waals surface area contributed by atoms with Crippen molar-refractivity contribution in [1.29, 1.82) is 0 Å². The van der Waals surface area contributed by atoms with Crippen LogP contribution in [0.1, 0.15) is 0 Å². The Kier molecular flexibility index (Phi) is 11.8. The maximum Gasteiger partial charge on any atom is 0.169 e. The van der Waals surface area contributed by atoms with Crippen molar-refractivity contribution in [1.82, 2.24) is 0 Å². The Balaban J connectivity index is 0.00000122. The summed E-state index contributed by atoms with van der Waals surface area (Å²) >= 11 is 6.64. The van der Waals surface area contributed by atoms with Crippen molar-refractivity contribution >= 4 is 74.9 Å². The van der Waals surface area contributed by atoms with E-state index in [9.17, 15) is 0 Å². The first-order chi connectivity index (χ1) is 24.3. The summed E-state index contributed by atoms with van der Waals surface area (Å²) < 4.78 is 25.7. The topological polar surface area (TPSA) is 36.9 Å². The monoisotopic (exact) mass is 898 g/mol. The zero-order chi connectivity index (χ0) is 33.4. The molecule has 0 saturated carbocycles. The first-order valence-electron chi connectivity index (χ1n) is 15.8. The van der Waals surface area contributed by atoms with E-state index < -0.39 is 15.8 Å². The third kappa shape index (κ3) is 7.53. The molecule has 0 amide bonds. The minimum Gasteiger partial charge on any atom is -0.486 e. The van der Waals surface area contributed by atoms with Crippen LogP contribution in [0.5, 0.6) is 23.0 Å². The second kappa shape index (κ2) is 16.8. The van der Waals surface area contributed by atoms with Gasteiger partial charge >= 0.3 is 40.5 Å². The molecular formula is C40H32Br2O4P2Ru. The first kappa shape index (κ1) is 34.4. The Labute approximate surface area is 311 Å². The van der Waals surface area contributed by atoms with Gasteiger partial charge in [-0.2, -0.15) is 0 Å². The summed E-state index contributed by atoms with van der Waals surface area (Å²) in [4.78, 5) is 0. The number of fused-ring (bicyclic) bond motifs is 2. The van der Waals surface area contributed by atoms with E-state index in [0.29, 0.717) is 39.6 Å². The summed E-state index contributed by atoms with van der Waals surface area (Å²) in [6.45, 7) is 1.98. The van der Waals surface area contributed by atoms with Crippen molar-refractivity contribution in [3.05, 3.63) is 146 Å². The smallest absolute Gasteiger partial charge is 0.169 e. The number of halogens is 2. The van der Waals surface area contributed by atoms with E-state index in [1.165, 1.54) is 31.8 Å². The Morgan fingerprint density at radius 2 is 0.673 bits per heavy atom. The Morgan fingerprint density at radius 1 is 0.388 bits per heavy atom. The summed E-state index contributed by atoms with van der Waals surface area (Å²) in [5.74, 6) is 3.04. The number of hydrogen-bond donors (Lipinski definition) is 0. The molecule has 9 heteroatoms. The van der Waals surface area contributed by atoms with E-state index in [2.05, 4.69) is 173 Å². The minimum atomic E-state index is -0.984. The minimum absolute atomic E-state index is 0.335. The Morgan fingerprint density at radius 3 is 0.980 bits per heavy atom. The third-order valence-electron chi connectivity index (χ3n) is 8.16. The van der Waals surface area contributed by atoms with Gasteiger partial charge in [0.1, 0.15) is 26.4 Å². The fraction of sp³-hybridized carbons (Fsp3) is 0.100. The summed E-state index contributed by atoms with van der Waals surface area (Å²) in [6.07, 6.45) is 0. The molecule has 6 aromatic rings. The molecular weight excluding hydrogens is 867 g/mol. The third-order valence-corrected chi connectivity index (χ3v) is 13.1. The van der Waals surface area contributed by atoms with Crippen molar-refractivity contribution in [2.75, 3.05) is 26.4 Å². The normalized spacial score (nSPS) is 13.1. The molecule has 2 aliphatic heterocycles. The van der Waals surface area contributed by atoms with E-state index in [1.807, 2.05) is 0 Å². The SMILES string of the molecule is [Br][Ru][Br].c1ccc(P(c2ccccc2)c2ccc3c(c2-c2c(P(c4ccccc4)c4ccccc4)ccc4c2OCCO4)OCCO3)cc1. The van der Waals surface area contributed by atoms with Gasteiger partial charge in [-0.05, 0) is 71.9 Å². The van der Waals surface area contributed by atoms with Crippen molar-refractivity contribution < 1.29 is 32.2 Å². The van der Waals surface area contributed by atoms with E-state index >= 15 is 0 Å². The first-order valence-corrected chi connectivity index (χ1v) is 26.4. The Bertz CT molecular complexity index is 1760. The van der Waals surface area contributed by atoms with Gasteiger partial charge in [0, 0.05) is 11.1 Å². The molecule has 0 saturated heterocycles. The molecule has 4 nitrogen and oxygen atoms in total. The molecule has 0 aromatic heterocycles. The molecule has 0 radical (unpaired) electrons. The second-order valence-corrected chi connectivity index (χ2v) is 23.4. The van der Waals surface area contributed by atoms with Crippen LogP contribution in [0.15, 0.2) is 146 Å². The summed E-state index contributed by atoms with van der Waals surface area (Å²) in [7, 11) is -1.97. The zero-order valence-corrected chi connectivity index (χ0v) is 33.0. The zero-order valence-electron chi connectivity index (χ0n) is 26.3. The molecule has 6 aromatic carbocycles. The predicted molar refractivity (Wildman–Crippen MR) is 209 cm³/mol. The van der Waals surface area contributed by atoms with Crippen LogP contribution in [0.25, 0.3) is 11.1 Å². The van der Waals surface area contributed by atoms with E-state index in [-0.39, 0.29) is 0 Å². The van der Waals surface area contributed by atoms with Crippen molar-refractivity contribution in [3.8, 4) is 34.1 Å². The molecule has 0 atom stereocenters. The number of hydrogen-bond acceptors (Lipinski definition) is 4. The van der Waals surface area contributed by atoms with Crippen LogP contribution in [-0.4, -0.2) is 26.4 Å². The van der Waals surface area contributed by atoms with Crippen LogP contribution in [0.4, 0.5) is 0 Å². The molecule has 0 N–H and O–H groups in total. The van der Waals surface area contributed by atoms with Gasteiger partial charge in [-0.1, -0.05) is 121 Å². The quantitative estimate of drug-likeness (QED) is 0.120. The standard InChI is InChI=1S/C40H32O4P2.2BrH.Ru/c1-5-13-29(14-6-1)45(30-15-7-2-8-16-30)35-23-21-33-39(43-27-25-41-33)37(35)38-36(24-22-34-40(38)44-28-26-42-34)46(31-17-9-3-10-18-31)32-19-11-4-12-20-32;;;/h1-24H,25-28H2;2*1H;/q;;;+2/p-2. The van der Waals surface area contributed by atoms with E-state index in [1.54, 1.807) is 0 Å². The van der Waals surface area contributed by atoms with Crippen LogP contribution in [0.2, 0.25) is 0 Å². The number of ether oxygens (including phenoxy) is 4. The van der Waals surface area contributed by atoms with Gasteiger partial charge < -0.3 is 18.9 Å². The fourth-order valence-corrected chi connectivity index (χ4v) is 11.1. The maximum absolute atomic E-state index is 6.60. The van der Waals surface area contributed by atoms with Crippen LogP contribution >= 0.6 is 43.1 Å². The number of rotatable bonds is 7. The molecule has 49 heavy (non-hydrogen) atoms. The van der Waals surface area contributed by atoms with Gasteiger partial charge in [-0.25, -0.2) is 0 Å². The molecule has 0 unspecified atom stereocenters. The van der Waals surface area contributed by atoms with Gasteiger partial charge in [0.2, 0.25) is 0 Å². The summed E-state index contributed by atoms with van der Waals surface area (Å²) in [5, 5.41) is 7.43. The molecule has 0 fully saturated rings. The van der Waals surface area contributed by atoms with Crippen molar-refractivity contribution in [3.63, 3.8) is 0 Å². The molecule has 0 bridgehead atoms. The maximum atomic E-state index is 6.60. The van der Waals surface area contributed by atoms with Gasteiger partial charge in [-0.15, -0.1) is 0 Å². The van der Waals surface area contributed by atoms with Crippen molar-refractivity contribution in [2.24, 2.45) is 0 Å². The second-order valence-electron chi connectivity index (χ2n) is 11.0. The average Bonchev–Trinajstić information content (AvgIpc) is 3.17. The molecule has 2 aliphatic rings. The number of benzene rings is 6. The van der Waals surface area contributed by atoms with Gasteiger partial charge in [0.25, 0.3) is 0 Å². The molecule has 0 aliphatic carbocycles. The van der Waals surface area contributed by atoms with Gasteiger partial charge in [-0.3, -0.25) is 0 Å². The molecule has 0 spiro atoms. The van der Waals surface area contributed by atoms with E-state index in [0.717, 1.165) is 34.1 Å². The predicted octanol–water partition coefficient (Wildman–Crippen LogP) is 8.10.